The molecule has 2 amide bonds. The number of amides is 2. The van der Waals surface area contributed by atoms with Crippen LogP contribution in [0.25, 0.3) is 0 Å². The maximum atomic E-state index is 12.5. The molecule has 1 heterocycles. The van der Waals surface area contributed by atoms with E-state index in [2.05, 4.69) is 5.32 Å². The molecule has 0 bridgehead atoms. The van der Waals surface area contributed by atoms with Crippen molar-refractivity contribution in [3.8, 4) is 5.75 Å². The molecule has 0 aliphatic carbocycles. The minimum absolute atomic E-state index is 0.0373. The summed E-state index contributed by atoms with van der Waals surface area (Å²) in [5.41, 5.74) is 0.305. The Balaban J connectivity index is 2.00. The van der Waals surface area contributed by atoms with Crippen LogP contribution in [0.15, 0.2) is 24.3 Å². The molecule has 0 saturated carbocycles. The van der Waals surface area contributed by atoms with E-state index in [1.807, 2.05) is 43.9 Å². The number of methoxy groups -OCH3 is 1. The number of piperidine rings is 1. The summed E-state index contributed by atoms with van der Waals surface area (Å²) >= 11 is 0. The zero-order valence-corrected chi connectivity index (χ0v) is 14.4. The van der Waals surface area contributed by atoms with Crippen LogP contribution in [0.2, 0.25) is 0 Å². The number of hydrogen-bond donors (Lipinski definition) is 1. The lowest BCUT2D eigenvalue weighted by atomic mass is 9.91. The number of carbonyl (C=O) groups is 2. The maximum absolute atomic E-state index is 12.5. The first-order chi connectivity index (χ1) is 10.8. The molecule has 1 aliphatic heterocycles. The van der Waals surface area contributed by atoms with Crippen LogP contribution < -0.4 is 10.1 Å². The molecule has 0 spiro atoms. The fourth-order valence-electron chi connectivity index (χ4n) is 2.80. The van der Waals surface area contributed by atoms with Gasteiger partial charge in [-0.2, -0.15) is 0 Å². The Labute approximate surface area is 138 Å². The van der Waals surface area contributed by atoms with E-state index in [9.17, 15) is 9.59 Å². The van der Waals surface area contributed by atoms with Gasteiger partial charge in [0.2, 0.25) is 11.8 Å². The fourth-order valence-corrected chi connectivity index (χ4v) is 2.80. The predicted octanol–water partition coefficient (Wildman–Crippen LogP) is 2.92. The molecule has 5 heteroatoms. The van der Waals surface area contributed by atoms with Crippen molar-refractivity contribution < 1.29 is 14.3 Å². The molecule has 1 saturated heterocycles. The van der Waals surface area contributed by atoms with E-state index in [0.717, 1.165) is 19.4 Å². The van der Waals surface area contributed by atoms with E-state index in [1.165, 1.54) is 0 Å². The van der Waals surface area contributed by atoms with Crippen LogP contribution in [0.3, 0.4) is 0 Å². The highest BCUT2D eigenvalue weighted by atomic mass is 16.5. The first kappa shape index (κ1) is 17.3. The third-order valence-electron chi connectivity index (χ3n) is 4.06. The summed E-state index contributed by atoms with van der Waals surface area (Å²) in [5, 5.41) is 2.93. The number of likely N-dealkylation sites (tertiary alicyclic amines) is 1. The molecular weight excluding hydrogens is 292 g/mol. The van der Waals surface area contributed by atoms with Crippen LogP contribution in [0.4, 0.5) is 5.69 Å². The number of nitrogens with one attached hydrogen (secondary N) is 1. The molecule has 126 valence electrons. The molecule has 1 unspecified atom stereocenters. The number of rotatable bonds is 3. The van der Waals surface area contributed by atoms with Gasteiger partial charge >= 0.3 is 0 Å². The van der Waals surface area contributed by atoms with Gasteiger partial charge in [0.15, 0.2) is 0 Å². The highest BCUT2D eigenvalue weighted by Crippen LogP contribution is 2.25. The zero-order chi connectivity index (χ0) is 17.0. The largest absolute Gasteiger partial charge is 0.497 e. The maximum Gasteiger partial charge on any atom is 0.229 e. The van der Waals surface area contributed by atoms with Gasteiger partial charge in [0, 0.05) is 30.3 Å². The molecule has 1 aromatic carbocycles. The van der Waals surface area contributed by atoms with Crippen LogP contribution in [0.1, 0.15) is 33.6 Å². The number of anilines is 1. The zero-order valence-electron chi connectivity index (χ0n) is 14.4. The highest BCUT2D eigenvalue weighted by molar-refractivity contribution is 5.93. The van der Waals surface area contributed by atoms with Crippen molar-refractivity contribution in [2.45, 2.75) is 33.6 Å². The normalized spacial score (nSPS) is 18.4. The lowest BCUT2D eigenvalue weighted by Crippen LogP contribution is -2.47. The van der Waals surface area contributed by atoms with Gasteiger partial charge in [-0.15, -0.1) is 0 Å². The van der Waals surface area contributed by atoms with Crippen LogP contribution in [-0.4, -0.2) is 36.9 Å². The summed E-state index contributed by atoms with van der Waals surface area (Å²) in [7, 11) is 1.60. The first-order valence-electron chi connectivity index (χ1n) is 8.05. The van der Waals surface area contributed by atoms with Crippen molar-refractivity contribution in [2.75, 3.05) is 25.5 Å². The van der Waals surface area contributed by atoms with Gasteiger partial charge in [-0.25, -0.2) is 0 Å². The first-order valence-corrected chi connectivity index (χ1v) is 8.05. The molecule has 23 heavy (non-hydrogen) atoms. The smallest absolute Gasteiger partial charge is 0.229 e. The van der Waals surface area contributed by atoms with E-state index < -0.39 is 5.41 Å². The molecule has 1 fully saturated rings. The average Bonchev–Trinajstić information content (AvgIpc) is 2.53. The molecule has 1 aliphatic rings. The van der Waals surface area contributed by atoms with Gasteiger partial charge in [0.05, 0.1) is 13.0 Å². The Hall–Kier alpha value is -2.04. The summed E-state index contributed by atoms with van der Waals surface area (Å²) < 4.78 is 5.16. The quantitative estimate of drug-likeness (QED) is 0.932. The SMILES string of the molecule is COc1cccc(NC(=O)C2CCCN(C(=O)C(C)(C)C)C2)c1. The van der Waals surface area contributed by atoms with Crippen LogP contribution >= 0.6 is 0 Å². The lowest BCUT2D eigenvalue weighted by molar-refractivity contribution is -0.142. The fraction of sp³-hybridized carbons (Fsp3) is 0.556. The Morgan fingerprint density at radius 3 is 2.70 bits per heavy atom. The van der Waals surface area contributed by atoms with Crippen molar-refractivity contribution in [3.63, 3.8) is 0 Å². The molecule has 1 aromatic rings. The van der Waals surface area contributed by atoms with Crippen molar-refractivity contribution in [1.29, 1.82) is 0 Å². The molecule has 1 N–H and O–H groups in total. The van der Waals surface area contributed by atoms with E-state index in [-0.39, 0.29) is 17.7 Å². The second-order valence-corrected chi connectivity index (χ2v) is 7.06. The van der Waals surface area contributed by atoms with Gasteiger partial charge in [-0.05, 0) is 25.0 Å². The number of hydrogen-bond acceptors (Lipinski definition) is 3. The van der Waals surface area contributed by atoms with E-state index in [4.69, 9.17) is 4.74 Å². The molecule has 1 atom stereocenters. The van der Waals surface area contributed by atoms with Gasteiger partial charge in [-0.1, -0.05) is 26.8 Å². The van der Waals surface area contributed by atoms with E-state index in [1.54, 1.807) is 13.2 Å². The Morgan fingerprint density at radius 2 is 2.04 bits per heavy atom. The molecule has 0 aromatic heterocycles. The van der Waals surface area contributed by atoms with Gasteiger partial charge < -0.3 is 15.0 Å². The van der Waals surface area contributed by atoms with Crippen LogP contribution in [0.5, 0.6) is 5.75 Å². The minimum atomic E-state index is -0.412. The molecule has 2 rings (SSSR count). The summed E-state index contributed by atoms with van der Waals surface area (Å²) in [6, 6.07) is 7.30. The Kier molecular flexibility index (Phi) is 5.29. The summed E-state index contributed by atoms with van der Waals surface area (Å²) in [5.74, 6) is 0.610. The van der Waals surface area contributed by atoms with Gasteiger partial charge in [0.25, 0.3) is 0 Å². The van der Waals surface area contributed by atoms with Crippen molar-refractivity contribution in [1.82, 2.24) is 4.90 Å². The molecular formula is C18H26N2O3. The van der Waals surface area contributed by atoms with Crippen LogP contribution in [-0.2, 0) is 9.59 Å². The lowest BCUT2D eigenvalue weighted by Gasteiger charge is -2.35. The second kappa shape index (κ2) is 7.02. The summed E-state index contributed by atoms with van der Waals surface area (Å²) in [4.78, 5) is 26.7. The second-order valence-electron chi connectivity index (χ2n) is 7.06. The van der Waals surface area contributed by atoms with Gasteiger partial charge in [0.1, 0.15) is 5.75 Å². The van der Waals surface area contributed by atoms with Crippen molar-refractivity contribution >= 4 is 17.5 Å². The van der Waals surface area contributed by atoms with Crippen LogP contribution in [0, 0.1) is 11.3 Å². The monoisotopic (exact) mass is 318 g/mol. The predicted molar refractivity (Wildman–Crippen MR) is 90.4 cm³/mol. The third-order valence-corrected chi connectivity index (χ3v) is 4.06. The summed E-state index contributed by atoms with van der Waals surface area (Å²) in [6.45, 7) is 6.96. The Morgan fingerprint density at radius 1 is 1.30 bits per heavy atom. The number of nitrogens with zero attached hydrogens (tertiary/aromatic N) is 1. The minimum Gasteiger partial charge on any atom is -0.497 e. The Bertz CT molecular complexity index is 578. The topological polar surface area (TPSA) is 58.6 Å². The molecule has 5 nitrogen and oxygen atoms in total. The number of benzene rings is 1. The standard InChI is InChI=1S/C18H26N2O3/c1-18(2,3)17(22)20-10-6-7-13(12-20)16(21)19-14-8-5-9-15(11-14)23-4/h5,8-9,11,13H,6-7,10,12H2,1-4H3,(H,19,21). The van der Waals surface area contributed by atoms with Crippen molar-refractivity contribution in [3.05, 3.63) is 24.3 Å². The summed E-state index contributed by atoms with van der Waals surface area (Å²) in [6.07, 6.45) is 1.67. The van der Waals surface area contributed by atoms with E-state index >= 15 is 0 Å². The van der Waals surface area contributed by atoms with Gasteiger partial charge in [-0.3, -0.25) is 9.59 Å². The average molecular weight is 318 g/mol. The number of carbonyl (C=O) groups excluding carboxylic acids is 2. The third kappa shape index (κ3) is 4.47. The van der Waals surface area contributed by atoms with E-state index in [0.29, 0.717) is 18.0 Å². The molecule has 0 radical (unpaired) electrons. The van der Waals surface area contributed by atoms with Crippen molar-refractivity contribution in [2.24, 2.45) is 11.3 Å². The number of ether oxygens (including phenoxy) is 1. The highest BCUT2D eigenvalue weighted by Gasteiger charge is 2.33.